The summed E-state index contributed by atoms with van der Waals surface area (Å²) >= 11 is 0. The Morgan fingerprint density at radius 3 is 2.19 bits per heavy atom. The maximum absolute atomic E-state index is 14.9. The van der Waals surface area contributed by atoms with Crippen molar-refractivity contribution in [2.45, 2.75) is 100.0 Å². The number of piperidine rings is 1. The topological polar surface area (TPSA) is 330 Å². The summed E-state index contributed by atoms with van der Waals surface area (Å²) < 4.78 is 0. The van der Waals surface area contributed by atoms with E-state index in [-0.39, 0.29) is 77.1 Å². The van der Waals surface area contributed by atoms with Gasteiger partial charge in [-0.3, -0.25) is 38.6 Å². The Morgan fingerprint density at radius 2 is 1.43 bits per heavy atom. The molecule has 3 aromatic carbocycles. The van der Waals surface area contributed by atoms with Crippen molar-refractivity contribution in [3.63, 3.8) is 0 Å². The molecule has 0 saturated carbocycles. The number of benzene rings is 3. The number of aromatic amines is 1. The number of para-hydroxylation sites is 1. The average Bonchev–Trinajstić information content (AvgIpc) is 3.86. The highest BCUT2D eigenvalue weighted by atomic mass is 16.2. The van der Waals surface area contributed by atoms with Gasteiger partial charge in [-0.15, -0.1) is 0 Å². The van der Waals surface area contributed by atoms with E-state index in [4.69, 9.17) is 17.2 Å². The summed E-state index contributed by atoms with van der Waals surface area (Å²) in [5, 5.41) is 22.3. The molecule has 360 valence electrons. The minimum absolute atomic E-state index is 0.00320. The van der Waals surface area contributed by atoms with Crippen LogP contribution in [0.25, 0.3) is 21.7 Å². The number of amides is 9. The van der Waals surface area contributed by atoms with E-state index in [1.54, 1.807) is 6.20 Å². The summed E-state index contributed by atoms with van der Waals surface area (Å²) in [6.45, 7) is 0.722. The lowest BCUT2D eigenvalue weighted by atomic mass is 9.84. The Balaban J connectivity index is 1.26. The van der Waals surface area contributed by atoms with E-state index in [2.05, 4.69) is 47.2 Å². The second-order valence-electron chi connectivity index (χ2n) is 17.5. The van der Waals surface area contributed by atoms with Crippen LogP contribution in [0.2, 0.25) is 0 Å². The van der Waals surface area contributed by atoms with Crippen molar-refractivity contribution in [3.05, 3.63) is 84.1 Å². The maximum atomic E-state index is 14.9. The van der Waals surface area contributed by atoms with Gasteiger partial charge in [-0.2, -0.15) is 0 Å². The zero-order chi connectivity index (χ0) is 48.4. The van der Waals surface area contributed by atoms with E-state index in [9.17, 15) is 38.4 Å². The van der Waals surface area contributed by atoms with Gasteiger partial charge in [-0.05, 0) is 86.0 Å². The molecule has 3 aliphatic rings. The highest BCUT2D eigenvalue weighted by molar-refractivity contribution is 6.10. The van der Waals surface area contributed by atoms with Gasteiger partial charge in [0.25, 0.3) is 5.91 Å². The summed E-state index contributed by atoms with van der Waals surface area (Å²) in [6.07, 6.45) is 2.15. The second kappa shape index (κ2) is 21.8. The summed E-state index contributed by atoms with van der Waals surface area (Å²) in [5.74, 6) is -5.34. The molecule has 21 heteroatoms. The molecule has 5 atom stereocenters. The molecule has 3 aliphatic heterocycles. The molecule has 14 N–H and O–H groups in total. The van der Waals surface area contributed by atoms with Gasteiger partial charge in [0.2, 0.25) is 35.4 Å². The third-order valence-electron chi connectivity index (χ3n) is 12.8. The molecule has 1 spiro atoms. The van der Waals surface area contributed by atoms with E-state index in [0.717, 1.165) is 26.6 Å². The molecule has 3 saturated heterocycles. The number of urea groups is 1. The first kappa shape index (κ1) is 48.4. The molecular weight excluding hydrogens is 875 g/mol. The van der Waals surface area contributed by atoms with E-state index < -0.39 is 89.6 Å². The molecule has 9 amide bonds. The number of carbonyl (C=O) groups excluding carboxylic acids is 8. The van der Waals surface area contributed by atoms with Crippen molar-refractivity contribution in [2.75, 3.05) is 26.2 Å². The van der Waals surface area contributed by atoms with Crippen molar-refractivity contribution in [1.29, 1.82) is 0 Å². The Bertz CT molecular complexity index is 2590. The zero-order valence-electron chi connectivity index (χ0n) is 37.6. The highest BCUT2D eigenvalue weighted by Gasteiger charge is 2.55. The first-order valence-corrected chi connectivity index (χ1v) is 22.9. The Morgan fingerprint density at radius 1 is 0.735 bits per heavy atom. The van der Waals surface area contributed by atoms with Crippen LogP contribution in [0.15, 0.2) is 77.9 Å². The first-order chi connectivity index (χ1) is 32.7. The number of aliphatic imine (C=N–C) groups is 1. The van der Waals surface area contributed by atoms with Crippen LogP contribution in [0, 0.1) is 0 Å². The number of hydrogen-bond donors (Lipinski definition) is 11. The lowest BCUT2D eigenvalue weighted by Crippen LogP contribution is -2.67. The fourth-order valence-corrected chi connectivity index (χ4v) is 9.13. The number of nitrogens with zero attached hydrogens (tertiary/aromatic N) is 2. The molecule has 4 aromatic rings. The number of aromatic nitrogens is 1. The Kier molecular flexibility index (Phi) is 15.5. The van der Waals surface area contributed by atoms with E-state index >= 15 is 0 Å². The van der Waals surface area contributed by atoms with E-state index in [1.165, 1.54) is 0 Å². The van der Waals surface area contributed by atoms with Gasteiger partial charge in [0.15, 0.2) is 5.96 Å². The predicted octanol–water partition coefficient (Wildman–Crippen LogP) is -0.683. The van der Waals surface area contributed by atoms with Crippen molar-refractivity contribution >= 4 is 75.0 Å². The summed E-state index contributed by atoms with van der Waals surface area (Å²) in [5.41, 5.74) is 17.3. The third-order valence-corrected chi connectivity index (χ3v) is 12.8. The molecule has 21 nitrogen and oxygen atoms in total. The molecular formula is C47H59N13O8. The summed E-state index contributed by atoms with van der Waals surface area (Å²) in [7, 11) is 0. The fourth-order valence-electron chi connectivity index (χ4n) is 9.13. The molecule has 7 rings (SSSR count). The van der Waals surface area contributed by atoms with Gasteiger partial charge in [0, 0.05) is 43.0 Å². The monoisotopic (exact) mass is 933 g/mol. The van der Waals surface area contributed by atoms with Crippen LogP contribution in [0.4, 0.5) is 4.79 Å². The summed E-state index contributed by atoms with van der Waals surface area (Å²) in [4.78, 5) is 121. The van der Waals surface area contributed by atoms with Crippen LogP contribution >= 0.6 is 0 Å². The number of carbonyl (C=O) groups is 8. The van der Waals surface area contributed by atoms with Gasteiger partial charge in [-0.1, -0.05) is 60.7 Å². The molecule has 0 radical (unpaired) electrons. The van der Waals surface area contributed by atoms with Crippen LogP contribution < -0.4 is 54.4 Å². The first-order valence-electron chi connectivity index (χ1n) is 22.9. The SMILES string of the molecule is NC(=O)[C@@H]1CCCCNC(=O)C[C@@H]2NC(=O)N(C2=O)C2(CCNCC2)C(=O)N[C@H](Cc2ccc3ccccc3c2)C(=O)N[C@@H](CCCN=C(N)N)C(=O)N[C@@H](Cc2c[nH]c3ccccc23)C(=O)N1. The van der Waals surface area contributed by atoms with Crippen molar-refractivity contribution in [3.8, 4) is 0 Å². The second-order valence-corrected chi connectivity index (χ2v) is 17.5. The number of hydrogen-bond acceptors (Lipinski definition) is 10. The van der Waals surface area contributed by atoms with Crippen LogP contribution in [-0.4, -0.2) is 125 Å². The number of rotatable bonds is 9. The third kappa shape index (κ3) is 11.5. The number of imide groups is 1. The maximum Gasteiger partial charge on any atom is 0.325 e. The van der Waals surface area contributed by atoms with Crippen LogP contribution in [0.1, 0.15) is 62.5 Å². The lowest BCUT2D eigenvalue weighted by molar-refractivity contribution is -0.145. The van der Waals surface area contributed by atoms with Gasteiger partial charge in [0.1, 0.15) is 35.7 Å². The van der Waals surface area contributed by atoms with Gasteiger partial charge in [-0.25, -0.2) is 9.69 Å². The van der Waals surface area contributed by atoms with Crippen molar-refractivity contribution < 1.29 is 38.4 Å². The van der Waals surface area contributed by atoms with Gasteiger partial charge in [0.05, 0.1) is 6.42 Å². The molecule has 0 unspecified atom stereocenters. The standard InChI is InChI=1S/C47H59N13O8/c48-39(62)33-12-5-6-18-52-38(61)25-37-43(66)60(46(68)59-37)47(16-20-51-21-17-47)44(67)58-35(23-27-14-15-28-8-1-2-9-29(28)22-27)41(64)56-34(13-7-19-53-45(49)50)40(63)57-36(42(65)55-33)24-30-26-54-32-11-4-3-10-31(30)32/h1-4,8-11,14-15,22,26,33-37,51,54H,5-7,12-13,16-21,23-25H2,(H2,48,62)(H,52,61)(H,55,65)(H,56,64)(H,57,63)(H,58,67)(H,59,68)(H4,49,50,53)/t33-,34-,35+,36-,37-/m0/s1. The van der Waals surface area contributed by atoms with E-state index in [0.29, 0.717) is 24.0 Å². The van der Waals surface area contributed by atoms with E-state index in [1.807, 2.05) is 66.7 Å². The molecule has 3 fully saturated rings. The number of H-pyrrole nitrogens is 1. The molecule has 0 aliphatic carbocycles. The van der Waals surface area contributed by atoms with Gasteiger partial charge >= 0.3 is 6.03 Å². The molecule has 2 bridgehead atoms. The van der Waals surface area contributed by atoms with Crippen molar-refractivity contribution in [2.24, 2.45) is 22.2 Å². The number of guanidine groups is 1. The quantitative estimate of drug-likeness (QED) is 0.0432. The smallest absolute Gasteiger partial charge is 0.325 e. The number of nitrogens with one attached hydrogen (secondary N) is 8. The summed E-state index contributed by atoms with van der Waals surface area (Å²) in [6, 6.07) is 13.3. The van der Waals surface area contributed by atoms with Crippen molar-refractivity contribution in [1.82, 2.24) is 47.1 Å². The average molecular weight is 934 g/mol. The van der Waals surface area contributed by atoms with Crippen LogP contribution in [0.5, 0.6) is 0 Å². The number of fused-ring (bicyclic) bond motifs is 5. The Hall–Kier alpha value is -7.55. The minimum atomic E-state index is -1.76. The normalized spacial score (nSPS) is 23.5. The fraction of sp³-hybridized carbons (Fsp3) is 0.426. The van der Waals surface area contributed by atoms with Gasteiger partial charge < -0.3 is 59.4 Å². The molecule has 4 heterocycles. The number of nitrogens with two attached hydrogens (primary N) is 3. The highest BCUT2D eigenvalue weighted by Crippen LogP contribution is 2.31. The largest absolute Gasteiger partial charge is 0.370 e. The molecule has 1 aromatic heterocycles. The zero-order valence-corrected chi connectivity index (χ0v) is 37.6. The van der Waals surface area contributed by atoms with Crippen LogP contribution in [-0.2, 0) is 46.4 Å². The molecule has 68 heavy (non-hydrogen) atoms. The Labute approximate surface area is 391 Å². The number of primary amides is 1. The minimum Gasteiger partial charge on any atom is -0.370 e. The van der Waals surface area contributed by atoms with Crippen LogP contribution in [0.3, 0.4) is 0 Å². The lowest BCUT2D eigenvalue weighted by Gasteiger charge is -2.42. The predicted molar refractivity (Wildman–Crippen MR) is 252 cm³/mol.